The molecule has 0 aromatic heterocycles. The summed E-state index contributed by atoms with van der Waals surface area (Å²) in [5.41, 5.74) is -1.70. The smallest absolute Gasteiger partial charge is 0.308 e. The minimum Gasteiger partial charge on any atom is -0.352 e. The molecule has 0 unspecified atom stereocenters. The molecule has 1 aromatic carbocycles. The molecule has 0 saturated heterocycles. The van der Waals surface area contributed by atoms with Crippen LogP contribution in [0.5, 0.6) is 0 Å². The second-order valence-electron chi connectivity index (χ2n) is 3.34. The Kier molecular flexibility index (Phi) is 5.38. The molecule has 0 atom stereocenters. The summed E-state index contributed by atoms with van der Waals surface area (Å²) in [6, 6.07) is 1.08. The van der Waals surface area contributed by atoms with E-state index in [1.54, 1.807) is 0 Å². The minimum atomic E-state index is -1.33. The van der Waals surface area contributed by atoms with Gasteiger partial charge in [-0.15, -0.1) is 0 Å². The van der Waals surface area contributed by atoms with Crippen molar-refractivity contribution in [3.8, 4) is 0 Å². The molecule has 1 aromatic rings. The molecule has 0 radical (unpaired) electrons. The van der Waals surface area contributed by atoms with Crippen LogP contribution < -0.4 is 5.32 Å². The minimum absolute atomic E-state index is 0.297. The molecule has 0 fully saturated rings. The van der Waals surface area contributed by atoms with Crippen LogP contribution in [0.25, 0.3) is 0 Å². The number of nitrogens with one attached hydrogen (secondary N) is 1. The molecule has 98 valence electrons. The van der Waals surface area contributed by atoms with Crippen molar-refractivity contribution in [2.45, 2.75) is 6.42 Å². The Balaban J connectivity index is 3.01. The van der Waals surface area contributed by atoms with Crippen LogP contribution in [-0.2, 0) is 0 Å². The molecule has 0 bridgehead atoms. The Morgan fingerprint density at radius 1 is 1.44 bits per heavy atom. The van der Waals surface area contributed by atoms with Gasteiger partial charge in [0.15, 0.2) is 0 Å². The Labute approximate surface area is 115 Å². The highest BCUT2D eigenvalue weighted by Gasteiger charge is 2.23. The largest absolute Gasteiger partial charge is 0.352 e. The predicted molar refractivity (Wildman–Crippen MR) is 68.8 cm³/mol. The van der Waals surface area contributed by atoms with Gasteiger partial charge in [0.05, 0.1) is 16.6 Å². The number of nitro benzene ring substituents is 1. The van der Waals surface area contributed by atoms with Crippen LogP contribution in [-0.4, -0.2) is 21.8 Å². The number of hydrogen-bond donors (Lipinski definition) is 1. The Morgan fingerprint density at radius 2 is 2.11 bits per heavy atom. The number of hydrogen-bond acceptors (Lipinski definition) is 3. The first-order valence-electron chi connectivity index (χ1n) is 4.95. The maximum atomic E-state index is 13.6. The topological polar surface area (TPSA) is 72.2 Å². The Hall–Kier alpha value is -1.32. The molecule has 1 rings (SSSR count). The summed E-state index contributed by atoms with van der Waals surface area (Å²) in [6.07, 6.45) is 0.672. The molecule has 1 N–H and O–H groups in total. The predicted octanol–water partition coefficient (Wildman–Crippen LogP) is 2.43. The number of benzene rings is 1. The quantitative estimate of drug-likeness (QED) is 0.285. The molecule has 0 aliphatic carbocycles. The molecule has 0 heterocycles. The summed E-state index contributed by atoms with van der Waals surface area (Å²) in [4.78, 5) is 20.9. The van der Waals surface area contributed by atoms with Crippen molar-refractivity contribution in [2.24, 2.45) is 0 Å². The lowest BCUT2D eigenvalue weighted by Gasteiger charge is -2.05. The van der Waals surface area contributed by atoms with Crippen LogP contribution in [0.1, 0.15) is 16.8 Å². The number of nitro groups is 1. The second kappa shape index (κ2) is 6.57. The van der Waals surface area contributed by atoms with Crippen molar-refractivity contribution in [3.63, 3.8) is 0 Å². The van der Waals surface area contributed by atoms with Crippen molar-refractivity contribution in [1.29, 1.82) is 0 Å². The summed E-state index contributed by atoms with van der Waals surface area (Å²) in [5.74, 6) is -3.21. The first-order valence-corrected chi connectivity index (χ1v) is 6.47. The van der Waals surface area contributed by atoms with Crippen LogP contribution >= 0.6 is 22.6 Å². The zero-order chi connectivity index (χ0) is 13.7. The SMILES string of the molecule is O=C(NCCCI)c1cc(F)cc([N+](=O)[O-])c1F. The van der Waals surface area contributed by atoms with Gasteiger partial charge in [-0.25, -0.2) is 4.39 Å². The van der Waals surface area contributed by atoms with Crippen molar-refractivity contribution in [2.75, 3.05) is 11.0 Å². The number of amides is 1. The molecule has 1 amide bonds. The molecule has 0 aliphatic rings. The number of nitrogens with zero attached hydrogens (tertiary/aromatic N) is 1. The first-order chi connectivity index (χ1) is 8.47. The Morgan fingerprint density at radius 3 is 2.67 bits per heavy atom. The maximum Gasteiger partial charge on any atom is 0.308 e. The lowest BCUT2D eigenvalue weighted by molar-refractivity contribution is -0.387. The molecule has 0 spiro atoms. The van der Waals surface area contributed by atoms with E-state index in [0.717, 1.165) is 4.43 Å². The van der Waals surface area contributed by atoms with Crippen LogP contribution in [0.3, 0.4) is 0 Å². The summed E-state index contributed by atoms with van der Waals surface area (Å²) in [5, 5.41) is 12.8. The van der Waals surface area contributed by atoms with Crippen molar-refractivity contribution in [1.82, 2.24) is 5.32 Å². The third-order valence-electron chi connectivity index (χ3n) is 2.06. The van der Waals surface area contributed by atoms with E-state index in [1.807, 2.05) is 0 Å². The monoisotopic (exact) mass is 370 g/mol. The number of halogens is 3. The fourth-order valence-electron chi connectivity index (χ4n) is 1.24. The normalized spacial score (nSPS) is 10.2. The number of carbonyl (C=O) groups is 1. The van der Waals surface area contributed by atoms with E-state index in [1.165, 1.54) is 0 Å². The van der Waals surface area contributed by atoms with Crippen molar-refractivity contribution < 1.29 is 18.5 Å². The fourth-order valence-corrected chi connectivity index (χ4v) is 1.62. The van der Waals surface area contributed by atoms with E-state index in [2.05, 4.69) is 27.9 Å². The van der Waals surface area contributed by atoms with Gasteiger partial charge < -0.3 is 5.32 Å². The molecule has 0 aliphatic heterocycles. The molecule has 0 saturated carbocycles. The lowest BCUT2D eigenvalue weighted by atomic mass is 10.1. The number of rotatable bonds is 5. The summed E-state index contributed by atoms with van der Waals surface area (Å²) in [7, 11) is 0. The van der Waals surface area contributed by atoms with Gasteiger partial charge in [0, 0.05) is 11.0 Å². The zero-order valence-corrected chi connectivity index (χ0v) is 11.2. The molecular formula is C10H9F2IN2O3. The van der Waals surface area contributed by atoms with Gasteiger partial charge in [0.1, 0.15) is 5.82 Å². The number of carbonyl (C=O) groups excluding carboxylic acids is 1. The van der Waals surface area contributed by atoms with Gasteiger partial charge in [-0.2, -0.15) is 4.39 Å². The summed E-state index contributed by atoms with van der Waals surface area (Å²) >= 11 is 2.10. The van der Waals surface area contributed by atoms with Crippen LogP contribution in [0.15, 0.2) is 12.1 Å². The van der Waals surface area contributed by atoms with Gasteiger partial charge >= 0.3 is 5.69 Å². The van der Waals surface area contributed by atoms with E-state index in [9.17, 15) is 23.7 Å². The highest BCUT2D eigenvalue weighted by molar-refractivity contribution is 14.1. The number of alkyl halides is 1. The van der Waals surface area contributed by atoms with E-state index in [-0.39, 0.29) is 0 Å². The fraction of sp³-hybridized carbons (Fsp3) is 0.300. The average molecular weight is 370 g/mol. The van der Waals surface area contributed by atoms with Crippen LogP contribution in [0.2, 0.25) is 0 Å². The van der Waals surface area contributed by atoms with Crippen molar-refractivity contribution >= 4 is 34.2 Å². The van der Waals surface area contributed by atoms with Crippen molar-refractivity contribution in [3.05, 3.63) is 39.4 Å². The zero-order valence-electron chi connectivity index (χ0n) is 9.08. The standard InChI is InChI=1S/C10H9F2IN2O3/c11-6-4-7(10(16)14-3-1-2-13)9(12)8(5-6)15(17)18/h4-5H,1-3H2,(H,14,16). The van der Waals surface area contributed by atoms with Crippen LogP contribution in [0.4, 0.5) is 14.5 Å². The summed E-state index contributed by atoms with van der Waals surface area (Å²) in [6.45, 7) is 0.297. The maximum absolute atomic E-state index is 13.6. The average Bonchev–Trinajstić information content (AvgIpc) is 2.31. The molecule has 5 nitrogen and oxygen atoms in total. The highest BCUT2D eigenvalue weighted by atomic mass is 127. The Bertz CT molecular complexity index is 482. The van der Waals surface area contributed by atoms with Crippen LogP contribution in [0, 0.1) is 21.7 Å². The lowest BCUT2D eigenvalue weighted by Crippen LogP contribution is -2.26. The first kappa shape index (κ1) is 14.7. The van der Waals surface area contributed by atoms with E-state index in [0.29, 0.717) is 25.1 Å². The van der Waals surface area contributed by atoms with Gasteiger partial charge in [0.2, 0.25) is 5.82 Å². The van der Waals surface area contributed by atoms with E-state index < -0.39 is 33.7 Å². The van der Waals surface area contributed by atoms with E-state index >= 15 is 0 Å². The molecule has 8 heteroatoms. The molecular weight excluding hydrogens is 361 g/mol. The third kappa shape index (κ3) is 3.59. The van der Waals surface area contributed by atoms with E-state index in [4.69, 9.17) is 0 Å². The highest BCUT2D eigenvalue weighted by Crippen LogP contribution is 2.22. The van der Waals surface area contributed by atoms with Gasteiger partial charge in [0.25, 0.3) is 5.91 Å². The third-order valence-corrected chi connectivity index (χ3v) is 2.82. The second-order valence-corrected chi connectivity index (χ2v) is 4.42. The molecule has 18 heavy (non-hydrogen) atoms. The van der Waals surface area contributed by atoms with Gasteiger partial charge in [-0.1, -0.05) is 22.6 Å². The van der Waals surface area contributed by atoms with Gasteiger partial charge in [-0.05, 0) is 12.5 Å². The van der Waals surface area contributed by atoms with Gasteiger partial charge in [-0.3, -0.25) is 14.9 Å². The summed E-state index contributed by atoms with van der Waals surface area (Å²) < 4.78 is 27.5.